The van der Waals surface area contributed by atoms with Gasteiger partial charge in [-0.05, 0) is 56.8 Å². The molecule has 2 atom stereocenters. The molecule has 0 saturated carbocycles. The SMILES string of the molecule is CCOc1cc(NC(=O)CC(C)C2CCCNC2)ccc1OC. The number of methoxy groups -OCH3 is 1. The van der Waals surface area contributed by atoms with Crippen molar-refractivity contribution in [2.75, 3.05) is 32.1 Å². The van der Waals surface area contributed by atoms with Crippen LogP contribution in [-0.4, -0.2) is 32.7 Å². The van der Waals surface area contributed by atoms with Crippen LogP contribution in [0, 0.1) is 11.8 Å². The molecule has 0 radical (unpaired) electrons. The van der Waals surface area contributed by atoms with Crippen molar-refractivity contribution in [3.8, 4) is 11.5 Å². The number of anilines is 1. The molecule has 2 rings (SSSR count). The number of amides is 1. The van der Waals surface area contributed by atoms with Crippen LogP contribution in [0.15, 0.2) is 18.2 Å². The lowest BCUT2D eigenvalue weighted by atomic mass is 9.85. The second-order valence-electron chi connectivity index (χ2n) is 6.13. The predicted octanol–water partition coefficient (Wildman–Crippen LogP) is 3.06. The lowest BCUT2D eigenvalue weighted by Gasteiger charge is -2.28. The van der Waals surface area contributed by atoms with Gasteiger partial charge in [0.25, 0.3) is 0 Å². The van der Waals surface area contributed by atoms with E-state index in [0.717, 1.165) is 18.8 Å². The number of rotatable bonds is 7. The van der Waals surface area contributed by atoms with Gasteiger partial charge in [0, 0.05) is 18.2 Å². The van der Waals surface area contributed by atoms with Crippen LogP contribution in [-0.2, 0) is 4.79 Å². The van der Waals surface area contributed by atoms with Gasteiger partial charge < -0.3 is 20.1 Å². The van der Waals surface area contributed by atoms with Crippen molar-refractivity contribution in [1.82, 2.24) is 5.32 Å². The molecule has 1 heterocycles. The number of benzene rings is 1. The maximum absolute atomic E-state index is 12.3. The second-order valence-corrected chi connectivity index (χ2v) is 6.13. The van der Waals surface area contributed by atoms with Crippen molar-refractivity contribution in [1.29, 1.82) is 0 Å². The molecule has 1 fully saturated rings. The highest BCUT2D eigenvalue weighted by atomic mass is 16.5. The standard InChI is InChI=1S/C18H28N2O3/c1-4-23-17-11-15(7-8-16(17)22-3)20-18(21)10-13(2)14-6-5-9-19-12-14/h7-8,11,13-14,19H,4-6,9-10,12H2,1-3H3,(H,20,21). The number of hydrogen-bond acceptors (Lipinski definition) is 4. The summed E-state index contributed by atoms with van der Waals surface area (Å²) in [5, 5.41) is 6.38. The van der Waals surface area contributed by atoms with Crippen molar-refractivity contribution in [3.63, 3.8) is 0 Å². The topological polar surface area (TPSA) is 59.6 Å². The van der Waals surface area contributed by atoms with Crippen molar-refractivity contribution >= 4 is 11.6 Å². The van der Waals surface area contributed by atoms with Gasteiger partial charge in [0.2, 0.25) is 5.91 Å². The van der Waals surface area contributed by atoms with Gasteiger partial charge in [0.1, 0.15) is 0 Å². The summed E-state index contributed by atoms with van der Waals surface area (Å²) in [5.41, 5.74) is 0.744. The molecule has 1 aliphatic rings. The monoisotopic (exact) mass is 320 g/mol. The zero-order valence-electron chi connectivity index (χ0n) is 14.4. The van der Waals surface area contributed by atoms with Gasteiger partial charge in [-0.25, -0.2) is 0 Å². The Morgan fingerprint density at radius 2 is 2.26 bits per heavy atom. The summed E-state index contributed by atoms with van der Waals surface area (Å²) in [6.07, 6.45) is 2.95. The maximum atomic E-state index is 12.3. The fraction of sp³-hybridized carbons (Fsp3) is 0.611. The largest absolute Gasteiger partial charge is 0.493 e. The molecule has 0 aromatic heterocycles. The Labute approximate surface area is 138 Å². The van der Waals surface area contributed by atoms with Gasteiger partial charge in [-0.2, -0.15) is 0 Å². The smallest absolute Gasteiger partial charge is 0.224 e. The number of hydrogen-bond donors (Lipinski definition) is 2. The lowest BCUT2D eigenvalue weighted by Crippen LogP contribution is -2.34. The van der Waals surface area contributed by atoms with Gasteiger partial charge in [0.05, 0.1) is 13.7 Å². The Morgan fingerprint density at radius 3 is 2.91 bits per heavy atom. The molecule has 0 bridgehead atoms. The average molecular weight is 320 g/mol. The summed E-state index contributed by atoms with van der Waals surface area (Å²) in [5.74, 6) is 2.34. The molecule has 5 heteroatoms. The van der Waals surface area contributed by atoms with Crippen LogP contribution < -0.4 is 20.1 Å². The highest BCUT2D eigenvalue weighted by molar-refractivity contribution is 5.91. The Kier molecular flexibility index (Phi) is 6.71. The van der Waals surface area contributed by atoms with Crippen LogP contribution in [0.25, 0.3) is 0 Å². The molecule has 0 aliphatic carbocycles. The van der Waals surface area contributed by atoms with E-state index < -0.39 is 0 Å². The minimum absolute atomic E-state index is 0.0516. The zero-order chi connectivity index (χ0) is 16.7. The normalized spacial score (nSPS) is 19.0. The first-order valence-electron chi connectivity index (χ1n) is 8.45. The van der Waals surface area contributed by atoms with Crippen LogP contribution in [0.4, 0.5) is 5.69 Å². The molecule has 1 amide bonds. The molecule has 1 aliphatic heterocycles. The van der Waals surface area contributed by atoms with Crippen LogP contribution >= 0.6 is 0 Å². The molecule has 2 N–H and O–H groups in total. The number of piperidine rings is 1. The molecule has 1 saturated heterocycles. The quantitative estimate of drug-likeness (QED) is 0.810. The summed E-state index contributed by atoms with van der Waals surface area (Å²) in [6, 6.07) is 5.47. The highest BCUT2D eigenvalue weighted by Gasteiger charge is 2.22. The fourth-order valence-electron chi connectivity index (χ4n) is 3.06. The van der Waals surface area contributed by atoms with Gasteiger partial charge >= 0.3 is 0 Å². The average Bonchev–Trinajstić information content (AvgIpc) is 2.56. The van der Waals surface area contributed by atoms with E-state index in [0.29, 0.717) is 36.4 Å². The number of carbonyl (C=O) groups is 1. The maximum Gasteiger partial charge on any atom is 0.224 e. The van der Waals surface area contributed by atoms with Crippen molar-refractivity contribution in [2.45, 2.75) is 33.1 Å². The third-order valence-electron chi connectivity index (χ3n) is 4.39. The van der Waals surface area contributed by atoms with Crippen LogP contribution in [0.5, 0.6) is 11.5 Å². The summed E-state index contributed by atoms with van der Waals surface area (Å²) >= 11 is 0. The first kappa shape index (κ1) is 17.6. The van der Waals surface area contributed by atoms with Gasteiger partial charge in [-0.1, -0.05) is 6.92 Å². The number of carbonyl (C=O) groups excluding carboxylic acids is 1. The molecule has 23 heavy (non-hydrogen) atoms. The van der Waals surface area contributed by atoms with E-state index in [1.54, 1.807) is 7.11 Å². The van der Waals surface area contributed by atoms with Crippen molar-refractivity contribution in [2.24, 2.45) is 11.8 Å². The molecule has 1 aromatic rings. The van der Waals surface area contributed by atoms with Gasteiger partial charge in [-0.3, -0.25) is 4.79 Å². The minimum Gasteiger partial charge on any atom is -0.493 e. The minimum atomic E-state index is 0.0516. The third-order valence-corrected chi connectivity index (χ3v) is 4.39. The Balaban J connectivity index is 1.92. The molecule has 1 aromatic carbocycles. The summed E-state index contributed by atoms with van der Waals surface area (Å²) in [4.78, 5) is 12.3. The summed E-state index contributed by atoms with van der Waals surface area (Å²) in [6.45, 7) is 6.76. The Morgan fingerprint density at radius 1 is 1.43 bits per heavy atom. The number of nitrogens with one attached hydrogen (secondary N) is 2. The van der Waals surface area contributed by atoms with Crippen molar-refractivity contribution in [3.05, 3.63) is 18.2 Å². The Bertz CT molecular complexity index is 513. The first-order valence-corrected chi connectivity index (χ1v) is 8.45. The van der Waals surface area contributed by atoms with Crippen LogP contribution in [0.2, 0.25) is 0 Å². The van der Waals surface area contributed by atoms with E-state index in [4.69, 9.17) is 9.47 Å². The first-order chi connectivity index (χ1) is 11.1. The molecule has 128 valence electrons. The molecular formula is C18H28N2O3. The molecule has 5 nitrogen and oxygen atoms in total. The summed E-state index contributed by atoms with van der Waals surface area (Å²) in [7, 11) is 1.61. The second kappa shape index (κ2) is 8.77. The van der Waals surface area contributed by atoms with E-state index in [9.17, 15) is 4.79 Å². The Hall–Kier alpha value is -1.75. The predicted molar refractivity (Wildman–Crippen MR) is 92.2 cm³/mol. The van der Waals surface area contributed by atoms with Crippen LogP contribution in [0.1, 0.15) is 33.1 Å². The van der Waals surface area contributed by atoms with E-state index in [-0.39, 0.29) is 5.91 Å². The van der Waals surface area contributed by atoms with Gasteiger partial charge in [0.15, 0.2) is 11.5 Å². The summed E-state index contributed by atoms with van der Waals surface area (Å²) < 4.78 is 10.8. The van der Waals surface area contributed by atoms with Gasteiger partial charge in [-0.15, -0.1) is 0 Å². The highest BCUT2D eigenvalue weighted by Crippen LogP contribution is 2.30. The van der Waals surface area contributed by atoms with E-state index in [2.05, 4.69) is 17.6 Å². The van der Waals surface area contributed by atoms with Crippen molar-refractivity contribution < 1.29 is 14.3 Å². The van der Waals surface area contributed by atoms with E-state index >= 15 is 0 Å². The zero-order valence-corrected chi connectivity index (χ0v) is 14.4. The van der Waals surface area contributed by atoms with E-state index in [1.165, 1.54) is 12.8 Å². The lowest BCUT2D eigenvalue weighted by molar-refractivity contribution is -0.117. The fourth-order valence-corrected chi connectivity index (χ4v) is 3.06. The van der Waals surface area contributed by atoms with E-state index in [1.807, 2.05) is 25.1 Å². The third kappa shape index (κ3) is 5.13. The molecule has 0 spiro atoms. The number of ether oxygens (including phenoxy) is 2. The molecule has 2 unspecified atom stereocenters. The van der Waals surface area contributed by atoms with Crippen LogP contribution in [0.3, 0.4) is 0 Å². The molecular weight excluding hydrogens is 292 g/mol.